The van der Waals surface area contributed by atoms with Gasteiger partial charge in [0, 0.05) is 24.0 Å². The first-order valence-electron chi connectivity index (χ1n) is 5.89. The Bertz CT molecular complexity index is 554. The van der Waals surface area contributed by atoms with Gasteiger partial charge in [0.15, 0.2) is 0 Å². The smallest absolute Gasteiger partial charge is 0.222 e. The highest BCUT2D eigenvalue weighted by Crippen LogP contribution is 2.22. The lowest BCUT2D eigenvalue weighted by atomic mass is 9.95. The van der Waals surface area contributed by atoms with Crippen molar-refractivity contribution in [3.63, 3.8) is 0 Å². The average molecular weight is 246 g/mol. The number of nitrogens with zero attached hydrogens (tertiary/aromatic N) is 2. The zero-order chi connectivity index (χ0) is 13.2. The van der Waals surface area contributed by atoms with Gasteiger partial charge in [-0.25, -0.2) is 4.98 Å². The monoisotopic (exact) mass is 246 g/mol. The topological polar surface area (TPSA) is 84.1 Å². The largest absolute Gasteiger partial charge is 0.396 e. The molecular formula is C13H18N4O. The van der Waals surface area contributed by atoms with Gasteiger partial charge in [0.1, 0.15) is 5.82 Å². The van der Waals surface area contributed by atoms with Gasteiger partial charge in [0.2, 0.25) is 5.95 Å². The van der Waals surface area contributed by atoms with Gasteiger partial charge in [-0.15, -0.1) is 0 Å². The summed E-state index contributed by atoms with van der Waals surface area (Å²) in [6.45, 7) is 4.68. The first-order valence-corrected chi connectivity index (χ1v) is 5.89. The molecule has 0 amide bonds. The van der Waals surface area contributed by atoms with Gasteiger partial charge in [0.05, 0.1) is 5.52 Å². The molecule has 0 saturated carbocycles. The normalized spacial score (nSPS) is 11.7. The number of para-hydroxylation sites is 1. The summed E-state index contributed by atoms with van der Waals surface area (Å²) >= 11 is 0. The standard InChI is InChI=1S/C13H18N4O/c1-13(2,8-18)7-15-11-9-5-3-4-6-10(9)16-12(14)17-11/h3-6,18H,7-8H2,1-2H3,(H3,14,15,16,17). The summed E-state index contributed by atoms with van der Waals surface area (Å²) in [6.07, 6.45) is 0. The van der Waals surface area contributed by atoms with E-state index in [0.29, 0.717) is 12.4 Å². The number of fused-ring (bicyclic) bond motifs is 1. The molecule has 0 fully saturated rings. The molecule has 1 heterocycles. The number of nitrogen functional groups attached to an aromatic ring is 1. The Kier molecular flexibility index (Phi) is 3.34. The van der Waals surface area contributed by atoms with Crippen LogP contribution in [0.2, 0.25) is 0 Å². The SMILES string of the molecule is CC(C)(CO)CNc1nc(N)nc2ccccc12. The number of aromatic nitrogens is 2. The van der Waals surface area contributed by atoms with Crippen LogP contribution in [0.1, 0.15) is 13.8 Å². The van der Waals surface area contributed by atoms with Crippen molar-refractivity contribution in [2.45, 2.75) is 13.8 Å². The Labute approximate surface area is 106 Å². The summed E-state index contributed by atoms with van der Waals surface area (Å²) in [6, 6.07) is 7.69. The third-order valence-electron chi connectivity index (χ3n) is 2.78. The van der Waals surface area contributed by atoms with Crippen LogP contribution in [0.3, 0.4) is 0 Å². The van der Waals surface area contributed by atoms with Crippen LogP contribution < -0.4 is 11.1 Å². The minimum atomic E-state index is -0.208. The molecule has 1 aromatic carbocycles. The van der Waals surface area contributed by atoms with Crippen molar-refractivity contribution in [1.82, 2.24) is 9.97 Å². The van der Waals surface area contributed by atoms with Gasteiger partial charge in [-0.2, -0.15) is 4.98 Å². The minimum Gasteiger partial charge on any atom is -0.396 e. The van der Waals surface area contributed by atoms with Gasteiger partial charge < -0.3 is 16.2 Å². The Balaban J connectivity index is 2.33. The molecule has 0 bridgehead atoms. The van der Waals surface area contributed by atoms with E-state index in [-0.39, 0.29) is 18.0 Å². The second-order valence-electron chi connectivity index (χ2n) is 5.12. The number of rotatable bonds is 4. The Morgan fingerprint density at radius 1 is 1.28 bits per heavy atom. The summed E-state index contributed by atoms with van der Waals surface area (Å²) in [5, 5.41) is 13.4. The summed E-state index contributed by atoms with van der Waals surface area (Å²) in [5.41, 5.74) is 6.29. The van der Waals surface area contributed by atoms with E-state index < -0.39 is 0 Å². The first-order chi connectivity index (χ1) is 8.52. The summed E-state index contributed by atoms with van der Waals surface area (Å²) in [4.78, 5) is 8.39. The minimum absolute atomic E-state index is 0.110. The number of aliphatic hydroxyl groups is 1. The van der Waals surface area contributed by atoms with E-state index in [4.69, 9.17) is 5.73 Å². The number of hydrogen-bond donors (Lipinski definition) is 3. The fourth-order valence-electron chi connectivity index (χ4n) is 1.61. The number of nitrogens with two attached hydrogens (primary N) is 1. The highest BCUT2D eigenvalue weighted by Gasteiger charge is 2.17. The van der Waals surface area contributed by atoms with Crippen LogP contribution in [0.4, 0.5) is 11.8 Å². The van der Waals surface area contributed by atoms with E-state index in [1.807, 2.05) is 38.1 Å². The molecule has 0 spiro atoms. The third-order valence-corrected chi connectivity index (χ3v) is 2.78. The molecule has 4 N–H and O–H groups in total. The van der Waals surface area contributed by atoms with Gasteiger partial charge in [-0.3, -0.25) is 0 Å². The van der Waals surface area contributed by atoms with E-state index in [9.17, 15) is 5.11 Å². The summed E-state index contributed by atoms with van der Waals surface area (Å²) in [5.74, 6) is 0.956. The first kappa shape index (κ1) is 12.6. The quantitative estimate of drug-likeness (QED) is 0.763. The number of hydrogen-bond acceptors (Lipinski definition) is 5. The lowest BCUT2D eigenvalue weighted by Gasteiger charge is -2.22. The molecule has 2 rings (SSSR count). The summed E-state index contributed by atoms with van der Waals surface area (Å²) in [7, 11) is 0. The van der Waals surface area contributed by atoms with Crippen LogP contribution in [-0.2, 0) is 0 Å². The van der Waals surface area contributed by atoms with Gasteiger partial charge in [-0.1, -0.05) is 26.0 Å². The number of nitrogens with one attached hydrogen (secondary N) is 1. The maximum atomic E-state index is 9.24. The molecule has 0 aliphatic heterocycles. The zero-order valence-electron chi connectivity index (χ0n) is 10.6. The van der Waals surface area contributed by atoms with E-state index in [1.165, 1.54) is 0 Å². The summed E-state index contributed by atoms with van der Waals surface area (Å²) < 4.78 is 0. The fraction of sp³-hybridized carbons (Fsp3) is 0.385. The lowest BCUT2D eigenvalue weighted by molar-refractivity contribution is 0.171. The second kappa shape index (κ2) is 4.78. The molecule has 96 valence electrons. The van der Waals surface area contributed by atoms with Crippen molar-refractivity contribution in [2.24, 2.45) is 5.41 Å². The van der Waals surface area contributed by atoms with Crippen LogP contribution in [0, 0.1) is 5.41 Å². The highest BCUT2D eigenvalue weighted by molar-refractivity contribution is 5.89. The maximum absolute atomic E-state index is 9.24. The van der Waals surface area contributed by atoms with Crippen LogP contribution in [0.15, 0.2) is 24.3 Å². The molecule has 0 atom stereocenters. The Morgan fingerprint density at radius 3 is 2.72 bits per heavy atom. The van der Waals surface area contributed by atoms with Crippen LogP contribution in [0.5, 0.6) is 0 Å². The van der Waals surface area contributed by atoms with E-state index in [0.717, 1.165) is 10.9 Å². The molecule has 0 saturated heterocycles. The third kappa shape index (κ3) is 2.68. The highest BCUT2D eigenvalue weighted by atomic mass is 16.3. The molecule has 2 aromatic rings. The second-order valence-corrected chi connectivity index (χ2v) is 5.12. The van der Waals surface area contributed by atoms with E-state index >= 15 is 0 Å². The van der Waals surface area contributed by atoms with E-state index in [2.05, 4.69) is 15.3 Å². The molecule has 1 aromatic heterocycles. The molecule has 0 radical (unpaired) electrons. The molecule has 5 heteroatoms. The van der Waals surface area contributed by atoms with Crippen molar-refractivity contribution < 1.29 is 5.11 Å². The predicted molar refractivity (Wildman–Crippen MR) is 73.3 cm³/mol. The molecule has 18 heavy (non-hydrogen) atoms. The van der Waals surface area contributed by atoms with Crippen molar-refractivity contribution in [3.05, 3.63) is 24.3 Å². The average Bonchev–Trinajstić information content (AvgIpc) is 2.36. The Morgan fingerprint density at radius 2 is 2.00 bits per heavy atom. The number of aliphatic hydroxyl groups excluding tert-OH is 1. The molecule has 0 aliphatic rings. The Hall–Kier alpha value is -1.88. The number of benzene rings is 1. The van der Waals surface area contributed by atoms with Gasteiger partial charge >= 0.3 is 0 Å². The fourth-order valence-corrected chi connectivity index (χ4v) is 1.61. The van der Waals surface area contributed by atoms with E-state index in [1.54, 1.807) is 0 Å². The maximum Gasteiger partial charge on any atom is 0.222 e. The van der Waals surface area contributed by atoms with Crippen molar-refractivity contribution in [2.75, 3.05) is 24.2 Å². The molecule has 0 aliphatic carbocycles. The van der Waals surface area contributed by atoms with Crippen molar-refractivity contribution in [1.29, 1.82) is 0 Å². The molecule has 5 nitrogen and oxygen atoms in total. The van der Waals surface area contributed by atoms with Crippen molar-refractivity contribution >= 4 is 22.7 Å². The van der Waals surface area contributed by atoms with Crippen LogP contribution in [-0.4, -0.2) is 28.2 Å². The zero-order valence-corrected chi connectivity index (χ0v) is 10.6. The van der Waals surface area contributed by atoms with Gasteiger partial charge in [0.25, 0.3) is 0 Å². The number of anilines is 2. The molecular weight excluding hydrogens is 228 g/mol. The van der Waals surface area contributed by atoms with Crippen LogP contribution >= 0.6 is 0 Å². The molecule has 0 unspecified atom stereocenters. The van der Waals surface area contributed by atoms with Crippen LogP contribution in [0.25, 0.3) is 10.9 Å². The predicted octanol–water partition coefficient (Wildman–Crippen LogP) is 1.64. The lowest BCUT2D eigenvalue weighted by Crippen LogP contribution is -2.27. The van der Waals surface area contributed by atoms with Crippen molar-refractivity contribution in [3.8, 4) is 0 Å². The van der Waals surface area contributed by atoms with Gasteiger partial charge in [-0.05, 0) is 12.1 Å².